The van der Waals surface area contributed by atoms with Gasteiger partial charge in [0.05, 0.1) is 44.1 Å². The first-order valence-electron chi connectivity index (χ1n) is 19.5. The first-order chi connectivity index (χ1) is 28.6. The zero-order chi connectivity index (χ0) is 38.0. The molecule has 0 fully saturated rings. The molecule has 0 atom stereocenters. The van der Waals surface area contributed by atoms with E-state index >= 15 is 4.79 Å². The lowest BCUT2D eigenvalue weighted by atomic mass is 9.95. The van der Waals surface area contributed by atoms with E-state index in [9.17, 15) is 4.79 Å². The Kier molecular flexibility index (Phi) is 5.46. The summed E-state index contributed by atoms with van der Waals surface area (Å²) in [6.45, 7) is 0. The maximum Gasteiger partial charge on any atom is 0.263 e. The summed E-state index contributed by atoms with van der Waals surface area (Å²) in [4.78, 5) is 39.8. The monoisotopic (exact) mass is 738 g/mol. The molecule has 0 radical (unpaired) electrons. The highest BCUT2D eigenvalue weighted by Crippen LogP contribution is 2.43. The van der Waals surface area contributed by atoms with Crippen LogP contribution in [0.3, 0.4) is 0 Å². The van der Waals surface area contributed by atoms with Crippen molar-refractivity contribution in [3.05, 3.63) is 178 Å². The molecule has 0 saturated heterocycles. The molecule has 0 bridgehead atoms. The number of pyridine rings is 2. The summed E-state index contributed by atoms with van der Waals surface area (Å²) in [5, 5.41) is 13.8. The highest BCUT2D eigenvalue weighted by molar-refractivity contribution is 6.34. The number of para-hydroxylation sites is 2. The average molecular weight is 739 g/mol. The predicted molar refractivity (Wildman–Crippen MR) is 239 cm³/mol. The minimum atomic E-state index is -0.0437. The van der Waals surface area contributed by atoms with E-state index in [0.717, 1.165) is 120 Å². The van der Waals surface area contributed by atoms with E-state index < -0.39 is 0 Å². The van der Waals surface area contributed by atoms with Crippen molar-refractivity contribution < 1.29 is 0 Å². The van der Waals surface area contributed by atoms with E-state index in [1.54, 1.807) is 0 Å². The molecule has 5 heterocycles. The van der Waals surface area contributed by atoms with Gasteiger partial charge in [-0.15, -0.1) is 0 Å². The van der Waals surface area contributed by atoms with Crippen LogP contribution in [0.4, 0.5) is 0 Å². The zero-order valence-corrected chi connectivity index (χ0v) is 30.6. The third-order valence-electron chi connectivity index (χ3n) is 12.7. The Morgan fingerprint density at radius 2 is 1.02 bits per heavy atom. The molecule has 0 amide bonds. The quantitative estimate of drug-likeness (QED) is 0.124. The lowest BCUT2D eigenvalue weighted by Gasteiger charge is -2.13. The van der Waals surface area contributed by atoms with Crippen molar-refractivity contribution in [1.82, 2.24) is 18.8 Å². The topological polar surface area (TPSA) is 68.7 Å². The van der Waals surface area contributed by atoms with Crippen LogP contribution in [0.2, 0.25) is 0 Å². The number of aromatic nitrogens is 4. The van der Waals surface area contributed by atoms with Gasteiger partial charge in [0.15, 0.2) is 0 Å². The molecule has 5 aromatic heterocycles. The van der Waals surface area contributed by atoms with Crippen molar-refractivity contribution in [2.24, 2.45) is 0 Å². The SMILES string of the molecule is O=c1c2ccccc2c2c3nc4cccc(-c5ccc6c(c5)c(=O)n5c7ccc8ccccc8c7c7c8ccccc8cc6c75)c4nc3cc3c4ccccc4n1c32. The van der Waals surface area contributed by atoms with Crippen LogP contribution in [0.5, 0.6) is 0 Å². The summed E-state index contributed by atoms with van der Waals surface area (Å²) < 4.78 is 3.79. The van der Waals surface area contributed by atoms with Gasteiger partial charge in [0.2, 0.25) is 0 Å². The minimum Gasteiger partial charge on any atom is -0.275 e. The van der Waals surface area contributed by atoms with Gasteiger partial charge < -0.3 is 0 Å². The van der Waals surface area contributed by atoms with Gasteiger partial charge in [0.1, 0.15) is 0 Å². The van der Waals surface area contributed by atoms with Crippen molar-refractivity contribution in [2.75, 3.05) is 0 Å². The Morgan fingerprint density at radius 1 is 0.362 bits per heavy atom. The molecule has 14 rings (SSSR count). The largest absolute Gasteiger partial charge is 0.275 e. The minimum absolute atomic E-state index is 0.0376. The van der Waals surface area contributed by atoms with Crippen molar-refractivity contribution in [3.63, 3.8) is 0 Å². The number of nitrogens with zero attached hydrogens (tertiary/aromatic N) is 4. The van der Waals surface area contributed by atoms with Gasteiger partial charge in [0, 0.05) is 48.7 Å². The van der Waals surface area contributed by atoms with Gasteiger partial charge in [-0.3, -0.25) is 18.4 Å². The molecule has 0 aliphatic heterocycles. The van der Waals surface area contributed by atoms with Gasteiger partial charge in [-0.1, -0.05) is 115 Å². The second kappa shape index (κ2) is 10.5. The Bertz CT molecular complexity index is 4320. The average Bonchev–Trinajstić information content (AvgIpc) is 3.80. The Balaban J connectivity index is 1.09. The van der Waals surface area contributed by atoms with Gasteiger partial charge in [-0.2, -0.15) is 0 Å². The molecular formula is C52H26N4O2. The number of hydrogen-bond acceptors (Lipinski definition) is 4. The van der Waals surface area contributed by atoms with E-state index in [1.165, 1.54) is 0 Å². The zero-order valence-electron chi connectivity index (χ0n) is 30.6. The van der Waals surface area contributed by atoms with Crippen LogP contribution in [-0.2, 0) is 0 Å². The Labute approximate surface area is 326 Å². The molecule has 0 aliphatic rings. The van der Waals surface area contributed by atoms with E-state index in [1.807, 2.05) is 69.5 Å². The molecule has 266 valence electrons. The van der Waals surface area contributed by atoms with Crippen molar-refractivity contribution in [3.8, 4) is 11.1 Å². The van der Waals surface area contributed by atoms with Crippen LogP contribution in [-0.4, -0.2) is 18.8 Å². The maximum absolute atomic E-state index is 15.0. The predicted octanol–water partition coefficient (Wildman–Crippen LogP) is 11.8. The number of benzene rings is 9. The third kappa shape index (κ3) is 3.59. The molecule has 9 aromatic carbocycles. The van der Waals surface area contributed by atoms with E-state index in [2.05, 4.69) is 97.1 Å². The summed E-state index contributed by atoms with van der Waals surface area (Å²) in [5.41, 5.74) is 8.30. The molecular weight excluding hydrogens is 713 g/mol. The van der Waals surface area contributed by atoms with Crippen LogP contribution in [0.15, 0.2) is 167 Å². The number of fused-ring (bicyclic) bond motifs is 17. The Hall–Kier alpha value is -7.96. The highest BCUT2D eigenvalue weighted by Gasteiger charge is 2.24. The molecule has 58 heavy (non-hydrogen) atoms. The van der Waals surface area contributed by atoms with E-state index in [4.69, 9.17) is 9.97 Å². The summed E-state index contributed by atoms with van der Waals surface area (Å²) in [5.74, 6) is 0. The van der Waals surface area contributed by atoms with Gasteiger partial charge >= 0.3 is 0 Å². The number of hydrogen-bond donors (Lipinski definition) is 0. The normalized spacial score (nSPS) is 12.6. The lowest BCUT2D eigenvalue weighted by Crippen LogP contribution is -2.13. The van der Waals surface area contributed by atoms with Crippen molar-refractivity contribution >= 4 is 120 Å². The van der Waals surface area contributed by atoms with Crippen LogP contribution < -0.4 is 11.1 Å². The van der Waals surface area contributed by atoms with Crippen molar-refractivity contribution in [2.45, 2.75) is 0 Å². The third-order valence-corrected chi connectivity index (χ3v) is 12.7. The molecule has 6 heteroatoms. The molecule has 0 N–H and O–H groups in total. The molecule has 0 unspecified atom stereocenters. The van der Waals surface area contributed by atoms with Crippen LogP contribution in [0, 0.1) is 0 Å². The van der Waals surface area contributed by atoms with Gasteiger partial charge in [0.25, 0.3) is 11.1 Å². The second-order valence-corrected chi connectivity index (χ2v) is 15.6. The van der Waals surface area contributed by atoms with Crippen LogP contribution >= 0.6 is 0 Å². The highest BCUT2D eigenvalue weighted by atomic mass is 16.1. The lowest BCUT2D eigenvalue weighted by molar-refractivity contribution is 1.21. The standard InChI is InChI=1S/C52H26N4O2/c57-51-36-16-6-5-15-35(36)46-48-41(26-38-34-14-7-8-19-42(34)55(51)50(38)46)54-47-32(17-9-18-40(47)53-48)29-20-22-33-37-24-28-11-2-4-13-31(28)45-44-30-12-3-1-10-27(30)21-23-43(44)56(49(37)45)52(58)39(33)25-29/h1-26H. The molecule has 0 spiro atoms. The fraction of sp³-hybridized carbons (Fsp3) is 0. The molecule has 14 aromatic rings. The summed E-state index contributed by atoms with van der Waals surface area (Å²) in [7, 11) is 0. The smallest absolute Gasteiger partial charge is 0.263 e. The Morgan fingerprint density at radius 3 is 1.88 bits per heavy atom. The summed E-state index contributed by atoms with van der Waals surface area (Å²) in [6, 6.07) is 53.7. The first-order valence-corrected chi connectivity index (χ1v) is 19.5. The summed E-state index contributed by atoms with van der Waals surface area (Å²) in [6.07, 6.45) is 0. The van der Waals surface area contributed by atoms with E-state index in [-0.39, 0.29) is 11.1 Å². The fourth-order valence-electron chi connectivity index (χ4n) is 10.3. The summed E-state index contributed by atoms with van der Waals surface area (Å²) >= 11 is 0. The van der Waals surface area contributed by atoms with Crippen molar-refractivity contribution in [1.29, 1.82) is 0 Å². The van der Waals surface area contributed by atoms with Gasteiger partial charge in [-0.05, 0) is 80.3 Å². The second-order valence-electron chi connectivity index (χ2n) is 15.6. The first kappa shape index (κ1) is 30.3. The number of rotatable bonds is 1. The van der Waals surface area contributed by atoms with Crippen LogP contribution in [0.25, 0.3) is 131 Å². The van der Waals surface area contributed by atoms with Gasteiger partial charge in [-0.25, -0.2) is 9.97 Å². The van der Waals surface area contributed by atoms with Crippen LogP contribution in [0.1, 0.15) is 0 Å². The van der Waals surface area contributed by atoms with E-state index in [0.29, 0.717) is 10.8 Å². The molecule has 0 aliphatic carbocycles. The molecule has 6 nitrogen and oxygen atoms in total. The molecule has 0 saturated carbocycles. The maximum atomic E-state index is 15.0. The fourth-order valence-corrected chi connectivity index (χ4v) is 10.3.